The first-order valence-corrected chi connectivity index (χ1v) is 2.77. The second kappa shape index (κ2) is 4.02. The molecule has 6 heteroatoms. The van der Waals surface area contributed by atoms with Crippen molar-refractivity contribution < 1.29 is 24.9 Å². The van der Waals surface area contributed by atoms with Crippen molar-refractivity contribution in [3.63, 3.8) is 0 Å². The summed E-state index contributed by atoms with van der Waals surface area (Å²) in [5.74, 6) is -3.90. The van der Waals surface area contributed by atoms with Crippen LogP contribution in [0.5, 0.6) is 0 Å². The summed E-state index contributed by atoms with van der Waals surface area (Å²) in [6, 6.07) is 0. The van der Waals surface area contributed by atoms with Gasteiger partial charge in [-0.3, -0.25) is 0 Å². The van der Waals surface area contributed by atoms with Gasteiger partial charge in [-0.15, -0.1) is 0 Å². The van der Waals surface area contributed by atoms with Crippen molar-refractivity contribution in [2.45, 2.75) is 0 Å². The van der Waals surface area contributed by atoms with Crippen LogP contribution < -0.4 is 5.73 Å². The number of allylic oxidation sites excluding steroid dienone is 1. The lowest BCUT2D eigenvalue weighted by molar-refractivity contribution is -0.135. The molecular formula is C6H7NO5. The normalized spacial score (nSPS) is 12.7. The quantitative estimate of drug-likeness (QED) is 0.258. The topological polar surface area (TPSA) is 121 Å². The smallest absolute Gasteiger partial charge is 0.371 e. The molecule has 0 aromatic rings. The number of carbonyl (C=O) groups is 2. The highest BCUT2D eigenvalue weighted by Crippen LogP contribution is 1.93. The van der Waals surface area contributed by atoms with Crippen LogP contribution in [-0.2, 0) is 9.59 Å². The van der Waals surface area contributed by atoms with Crippen molar-refractivity contribution in [1.82, 2.24) is 0 Å². The third kappa shape index (κ3) is 3.94. The van der Waals surface area contributed by atoms with Crippen molar-refractivity contribution in [2.24, 2.45) is 5.73 Å². The SMILES string of the molecule is NC(=C/C(=O)O)/C=C(/O)C(=O)O. The van der Waals surface area contributed by atoms with Gasteiger partial charge >= 0.3 is 11.9 Å². The molecule has 6 nitrogen and oxygen atoms in total. The Balaban J connectivity index is 4.54. The predicted octanol–water partition coefficient (Wildman–Crippen LogP) is -0.560. The molecule has 0 aromatic carbocycles. The van der Waals surface area contributed by atoms with Crippen LogP contribution in [0, 0.1) is 0 Å². The number of hydrogen-bond donors (Lipinski definition) is 4. The van der Waals surface area contributed by atoms with E-state index in [0.717, 1.165) is 0 Å². The summed E-state index contributed by atoms with van der Waals surface area (Å²) in [6.45, 7) is 0. The van der Waals surface area contributed by atoms with E-state index in [2.05, 4.69) is 0 Å². The van der Waals surface area contributed by atoms with E-state index in [1.54, 1.807) is 0 Å². The van der Waals surface area contributed by atoms with E-state index < -0.39 is 17.7 Å². The van der Waals surface area contributed by atoms with Crippen LogP contribution in [-0.4, -0.2) is 27.3 Å². The molecule has 0 aromatic heterocycles. The van der Waals surface area contributed by atoms with E-state index in [0.29, 0.717) is 12.2 Å². The summed E-state index contributed by atoms with van der Waals surface area (Å²) in [4.78, 5) is 19.9. The fourth-order valence-corrected chi connectivity index (χ4v) is 0.404. The van der Waals surface area contributed by atoms with E-state index in [-0.39, 0.29) is 5.70 Å². The van der Waals surface area contributed by atoms with Crippen LogP contribution in [0.2, 0.25) is 0 Å². The Morgan fingerprint density at radius 2 is 1.58 bits per heavy atom. The summed E-state index contributed by atoms with van der Waals surface area (Å²) in [7, 11) is 0. The van der Waals surface area contributed by atoms with Gasteiger partial charge in [0.15, 0.2) is 0 Å². The Kier molecular flexibility index (Phi) is 3.35. The Morgan fingerprint density at radius 1 is 1.08 bits per heavy atom. The third-order valence-electron chi connectivity index (χ3n) is 0.813. The van der Waals surface area contributed by atoms with E-state index in [1.807, 2.05) is 0 Å². The van der Waals surface area contributed by atoms with Gasteiger partial charge in [-0.05, 0) is 0 Å². The lowest BCUT2D eigenvalue weighted by Gasteiger charge is -1.92. The minimum atomic E-state index is -1.57. The molecular weight excluding hydrogens is 166 g/mol. The number of nitrogens with two attached hydrogens (primary N) is 1. The zero-order valence-electron chi connectivity index (χ0n) is 5.89. The summed E-state index contributed by atoms with van der Waals surface area (Å²) >= 11 is 0. The molecule has 0 heterocycles. The number of aliphatic hydroxyl groups excluding tert-OH is 1. The number of rotatable bonds is 3. The summed E-state index contributed by atoms with van der Waals surface area (Å²) in [5.41, 5.74) is 4.65. The number of aliphatic hydroxyl groups is 1. The van der Waals surface area contributed by atoms with E-state index in [4.69, 9.17) is 21.1 Å². The zero-order chi connectivity index (χ0) is 9.72. The Morgan fingerprint density at radius 3 is 1.92 bits per heavy atom. The fraction of sp³-hybridized carbons (Fsp3) is 0. The summed E-state index contributed by atoms with van der Waals surface area (Å²) in [5, 5.41) is 24.8. The minimum Gasteiger partial charge on any atom is -0.502 e. The first kappa shape index (κ1) is 10.0. The summed E-state index contributed by atoms with van der Waals surface area (Å²) < 4.78 is 0. The highest BCUT2D eigenvalue weighted by molar-refractivity contribution is 5.85. The standard InChI is InChI=1S/C6H7NO5/c7-3(2-5(9)10)1-4(8)6(11)12/h1-2,8H,7H2,(H,9,10)(H,11,12)/b3-2+,4-1+. The molecule has 0 amide bonds. The molecule has 0 saturated carbocycles. The van der Waals surface area contributed by atoms with E-state index in [9.17, 15) is 9.59 Å². The molecule has 0 aliphatic carbocycles. The predicted molar refractivity (Wildman–Crippen MR) is 38.3 cm³/mol. The maximum atomic E-state index is 9.97. The van der Waals surface area contributed by atoms with Crippen LogP contribution in [0.4, 0.5) is 0 Å². The molecule has 0 rings (SSSR count). The highest BCUT2D eigenvalue weighted by atomic mass is 16.4. The molecule has 0 atom stereocenters. The van der Waals surface area contributed by atoms with Gasteiger partial charge in [0.25, 0.3) is 0 Å². The van der Waals surface area contributed by atoms with Gasteiger partial charge in [0.2, 0.25) is 5.76 Å². The first-order valence-electron chi connectivity index (χ1n) is 2.77. The van der Waals surface area contributed by atoms with E-state index >= 15 is 0 Å². The highest BCUT2D eigenvalue weighted by Gasteiger charge is 2.03. The molecule has 0 saturated heterocycles. The Hall–Kier alpha value is -1.98. The number of carboxylic acid groups (broad SMARTS) is 2. The maximum Gasteiger partial charge on any atom is 0.371 e. The molecule has 0 aliphatic rings. The molecule has 0 radical (unpaired) electrons. The van der Waals surface area contributed by atoms with Crippen molar-refractivity contribution in [3.05, 3.63) is 23.6 Å². The molecule has 66 valence electrons. The van der Waals surface area contributed by atoms with Gasteiger partial charge < -0.3 is 21.1 Å². The van der Waals surface area contributed by atoms with Gasteiger partial charge in [0, 0.05) is 17.8 Å². The van der Waals surface area contributed by atoms with Gasteiger partial charge in [-0.2, -0.15) is 0 Å². The number of carboxylic acids is 2. The third-order valence-corrected chi connectivity index (χ3v) is 0.813. The fourth-order valence-electron chi connectivity index (χ4n) is 0.404. The van der Waals surface area contributed by atoms with Crippen molar-refractivity contribution >= 4 is 11.9 Å². The molecule has 0 bridgehead atoms. The average molecular weight is 173 g/mol. The van der Waals surface area contributed by atoms with Gasteiger partial charge in [0.05, 0.1) is 0 Å². The Bertz CT molecular complexity index is 265. The van der Waals surface area contributed by atoms with Gasteiger partial charge in [-0.1, -0.05) is 0 Å². The minimum absolute atomic E-state index is 0.345. The second-order valence-corrected chi connectivity index (χ2v) is 1.82. The van der Waals surface area contributed by atoms with Crippen molar-refractivity contribution in [3.8, 4) is 0 Å². The second-order valence-electron chi connectivity index (χ2n) is 1.82. The van der Waals surface area contributed by atoms with Crippen molar-refractivity contribution in [2.75, 3.05) is 0 Å². The van der Waals surface area contributed by atoms with Crippen LogP contribution in [0.15, 0.2) is 23.6 Å². The van der Waals surface area contributed by atoms with Crippen LogP contribution >= 0.6 is 0 Å². The molecule has 0 aliphatic heterocycles. The summed E-state index contributed by atoms with van der Waals surface area (Å²) in [6.07, 6.45) is 1.20. The zero-order valence-corrected chi connectivity index (χ0v) is 5.89. The van der Waals surface area contributed by atoms with Crippen LogP contribution in [0.25, 0.3) is 0 Å². The largest absolute Gasteiger partial charge is 0.502 e. The number of hydrogen-bond acceptors (Lipinski definition) is 4. The molecule has 0 fully saturated rings. The molecule has 0 spiro atoms. The monoisotopic (exact) mass is 173 g/mol. The molecule has 0 unspecified atom stereocenters. The molecule has 5 N–H and O–H groups in total. The number of aliphatic carboxylic acids is 2. The van der Waals surface area contributed by atoms with Crippen molar-refractivity contribution in [1.29, 1.82) is 0 Å². The average Bonchev–Trinajstić information content (AvgIpc) is 1.84. The van der Waals surface area contributed by atoms with Gasteiger partial charge in [0.1, 0.15) is 0 Å². The van der Waals surface area contributed by atoms with Gasteiger partial charge in [-0.25, -0.2) is 9.59 Å². The van der Waals surface area contributed by atoms with Crippen LogP contribution in [0.1, 0.15) is 0 Å². The Labute approximate surface area is 67.2 Å². The van der Waals surface area contributed by atoms with E-state index in [1.165, 1.54) is 0 Å². The lowest BCUT2D eigenvalue weighted by Crippen LogP contribution is -2.04. The maximum absolute atomic E-state index is 9.97. The van der Waals surface area contributed by atoms with Crippen LogP contribution in [0.3, 0.4) is 0 Å². The first-order chi connectivity index (χ1) is 5.43. The molecule has 12 heavy (non-hydrogen) atoms. The lowest BCUT2D eigenvalue weighted by atomic mass is 10.3.